The van der Waals surface area contributed by atoms with Crippen molar-refractivity contribution in [3.05, 3.63) is 23.8 Å². The van der Waals surface area contributed by atoms with Crippen LogP contribution in [0.1, 0.15) is 24.8 Å². The molecule has 1 fully saturated rings. The van der Waals surface area contributed by atoms with Gasteiger partial charge in [0, 0.05) is 18.8 Å². The van der Waals surface area contributed by atoms with E-state index in [0.717, 1.165) is 18.4 Å². The van der Waals surface area contributed by atoms with Crippen LogP contribution in [0.3, 0.4) is 0 Å². The molecule has 0 saturated heterocycles. The number of hydrogen-bond acceptors (Lipinski definition) is 4. The zero-order valence-electron chi connectivity index (χ0n) is 11.0. The van der Waals surface area contributed by atoms with Gasteiger partial charge in [-0.2, -0.15) is 0 Å². The van der Waals surface area contributed by atoms with Crippen LogP contribution < -0.4 is 10.5 Å². The van der Waals surface area contributed by atoms with Crippen molar-refractivity contribution < 1.29 is 13.5 Å². The highest BCUT2D eigenvalue weighted by Crippen LogP contribution is 2.48. The van der Waals surface area contributed by atoms with Gasteiger partial charge in [-0.3, -0.25) is 0 Å². The van der Waals surface area contributed by atoms with Gasteiger partial charge in [0.05, 0.1) is 4.90 Å². The third kappa shape index (κ3) is 3.46. The maximum Gasteiger partial charge on any atom is 0.240 e. The molecule has 1 aliphatic rings. The topological polar surface area (TPSA) is 92.4 Å². The van der Waals surface area contributed by atoms with E-state index < -0.39 is 10.0 Å². The molecule has 0 spiro atoms. The summed E-state index contributed by atoms with van der Waals surface area (Å²) in [6.45, 7) is 2.28. The number of aryl methyl sites for hydroxylation is 1. The van der Waals surface area contributed by atoms with Gasteiger partial charge < -0.3 is 10.8 Å². The Hall–Kier alpha value is -1.11. The Kier molecular flexibility index (Phi) is 3.85. The predicted octanol–water partition coefficient (Wildman–Crippen LogP) is 1.02. The van der Waals surface area contributed by atoms with Crippen molar-refractivity contribution in [2.24, 2.45) is 5.41 Å². The first-order valence-electron chi connectivity index (χ1n) is 6.35. The summed E-state index contributed by atoms with van der Waals surface area (Å²) in [5.74, 6) is 0. The molecule has 0 amide bonds. The molecule has 0 bridgehead atoms. The van der Waals surface area contributed by atoms with Crippen LogP contribution in [0.4, 0.5) is 5.69 Å². The summed E-state index contributed by atoms with van der Waals surface area (Å²) in [5, 5.41) is 8.97. The molecule has 106 valence electrons. The van der Waals surface area contributed by atoms with Gasteiger partial charge in [-0.1, -0.05) is 0 Å². The fourth-order valence-corrected chi connectivity index (χ4v) is 3.49. The van der Waals surface area contributed by atoms with E-state index in [1.54, 1.807) is 12.1 Å². The van der Waals surface area contributed by atoms with Gasteiger partial charge in [0.1, 0.15) is 0 Å². The number of aliphatic hydroxyl groups is 1. The van der Waals surface area contributed by atoms with E-state index in [0.29, 0.717) is 18.7 Å². The summed E-state index contributed by atoms with van der Waals surface area (Å²) in [5.41, 5.74) is 6.89. The smallest absolute Gasteiger partial charge is 0.240 e. The van der Waals surface area contributed by atoms with Crippen LogP contribution in [0.2, 0.25) is 0 Å². The third-order valence-corrected chi connectivity index (χ3v) is 5.00. The van der Waals surface area contributed by atoms with Gasteiger partial charge in [-0.15, -0.1) is 0 Å². The molecule has 19 heavy (non-hydrogen) atoms. The van der Waals surface area contributed by atoms with Crippen molar-refractivity contribution in [3.63, 3.8) is 0 Å². The van der Waals surface area contributed by atoms with Crippen LogP contribution in [-0.2, 0) is 10.0 Å². The lowest BCUT2D eigenvalue weighted by Gasteiger charge is -2.15. The van der Waals surface area contributed by atoms with Crippen molar-refractivity contribution in [1.82, 2.24) is 4.72 Å². The molecule has 1 aromatic rings. The fraction of sp³-hybridized carbons (Fsp3) is 0.538. The lowest BCUT2D eigenvalue weighted by atomic mass is 10.0. The molecular weight excluding hydrogens is 264 g/mol. The molecule has 5 nitrogen and oxygen atoms in total. The number of nitrogen functional groups attached to an aromatic ring is 1. The predicted molar refractivity (Wildman–Crippen MR) is 74.1 cm³/mol. The Morgan fingerprint density at radius 3 is 2.58 bits per heavy atom. The molecule has 1 saturated carbocycles. The number of anilines is 1. The average Bonchev–Trinajstić information content (AvgIpc) is 3.06. The molecule has 0 atom stereocenters. The van der Waals surface area contributed by atoms with Crippen LogP contribution in [0.25, 0.3) is 0 Å². The minimum atomic E-state index is -3.53. The molecule has 0 aromatic heterocycles. The van der Waals surface area contributed by atoms with E-state index in [4.69, 9.17) is 10.8 Å². The van der Waals surface area contributed by atoms with Gasteiger partial charge in [0.2, 0.25) is 10.0 Å². The quantitative estimate of drug-likeness (QED) is 0.680. The number of aliphatic hydroxyl groups excluding tert-OH is 1. The Labute approximate surface area is 113 Å². The van der Waals surface area contributed by atoms with E-state index in [9.17, 15) is 8.42 Å². The van der Waals surface area contributed by atoms with Gasteiger partial charge in [0.25, 0.3) is 0 Å². The number of nitrogens with one attached hydrogen (secondary N) is 1. The molecule has 0 heterocycles. The van der Waals surface area contributed by atoms with Crippen molar-refractivity contribution in [2.75, 3.05) is 18.9 Å². The maximum atomic E-state index is 12.2. The van der Waals surface area contributed by atoms with Crippen molar-refractivity contribution in [2.45, 2.75) is 31.1 Å². The molecule has 1 aliphatic carbocycles. The van der Waals surface area contributed by atoms with E-state index in [-0.39, 0.29) is 16.9 Å². The summed E-state index contributed by atoms with van der Waals surface area (Å²) < 4.78 is 27.0. The number of rotatable bonds is 6. The Morgan fingerprint density at radius 2 is 2.05 bits per heavy atom. The standard InChI is InChI=1S/C13H20N2O3S/c1-10-6-11(14)8-12(7-10)19(17,18)15-9-13(2-3-13)4-5-16/h6-8,15-16H,2-5,9,14H2,1H3. The first-order chi connectivity index (χ1) is 8.87. The van der Waals surface area contributed by atoms with Gasteiger partial charge in [-0.25, -0.2) is 13.1 Å². The second kappa shape index (κ2) is 5.11. The normalized spacial score (nSPS) is 17.4. The largest absolute Gasteiger partial charge is 0.399 e. The molecular formula is C13H20N2O3S. The average molecular weight is 284 g/mol. The highest BCUT2D eigenvalue weighted by Gasteiger charge is 2.42. The Morgan fingerprint density at radius 1 is 1.37 bits per heavy atom. The number of nitrogens with two attached hydrogens (primary N) is 1. The summed E-state index contributed by atoms with van der Waals surface area (Å²) in [4.78, 5) is 0.199. The minimum Gasteiger partial charge on any atom is -0.399 e. The number of sulfonamides is 1. The molecule has 6 heteroatoms. The van der Waals surface area contributed by atoms with Crippen molar-refractivity contribution >= 4 is 15.7 Å². The Bertz CT molecular complexity index is 545. The monoisotopic (exact) mass is 284 g/mol. The second-order valence-electron chi connectivity index (χ2n) is 5.38. The molecule has 4 N–H and O–H groups in total. The van der Waals surface area contributed by atoms with Gasteiger partial charge in [0.15, 0.2) is 0 Å². The van der Waals surface area contributed by atoms with Crippen LogP contribution >= 0.6 is 0 Å². The van der Waals surface area contributed by atoms with Gasteiger partial charge in [-0.05, 0) is 55.4 Å². The highest BCUT2D eigenvalue weighted by atomic mass is 32.2. The molecule has 0 radical (unpaired) electrons. The molecule has 0 unspecified atom stereocenters. The zero-order chi connectivity index (χ0) is 14.1. The van der Waals surface area contributed by atoms with E-state index in [1.807, 2.05) is 6.92 Å². The molecule has 2 rings (SSSR count). The second-order valence-corrected chi connectivity index (χ2v) is 7.14. The van der Waals surface area contributed by atoms with Crippen LogP contribution in [0, 0.1) is 12.3 Å². The highest BCUT2D eigenvalue weighted by molar-refractivity contribution is 7.89. The summed E-state index contributed by atoms with van der Waals surface area (Å²) in [6.07, 6.45) is 2.57. The van der Waals surface area contributed by atoms with E-state index in [1.165, 1.54) is 6.07 Å². The van der Waals surface area contributed by atoms with Crippen LogP contribution in [0.5, 0.6) is 0 Å². The minimum absolute atomic E-state index is 0.0445. The summed E-state index contributed by atoms with van der Waals surface area (Å²) >= 11 is 0. The van der Waals surface area contributed by atoms with E-state index >= 15 is 0 Å². The third-order valence-electron chi connectivity index (χ3n) is 3.62. The SMILES string of the molecule is Cc1cc(N)cc(S(=O)(=O)NCC2(CCO)CC2)c1. The van der Waals surface area contributed by atoms with Crippen molar-refractivity contribution in [1.29, 1.82) is 0 Å². The first kappa shape index (κ1) is 14.3. The maximum absolute atomic E-state index is 12.2. The summed E-state index contributed by atoms with van der Waals surface area (Å²) in [7, 11) is -3.53. The molecule has 0 aliphatic heterocycles. The fourth-order valence-electron chi connectivity index (χ4n) is 2.19. The van der Waals surface area contributed by atoms with Gasteiger partial charge >= 0.3 is 0 Å². The lowest BCUT2D eigenvalue weighted by Crippen LogP contribution is -2.30. The number of hydrogen-bond donors (Lipinski definition) is 3. The van der Waals surface area contributed by atoms with E-state index in [2.05, 4.69) is 4.72 Å². The number of benzene rings is 1. The van der Waals surface area contributed by atoms with Crippen molar-refractivity contribution in [3.8, 4) is 0 Å². The van der Waals surface area contributed by atoms with Crippen LogP contribution in [0.15, 0.2) is 23.1 Å². The molecule has 1 aromatic carbocycles. The zero-order valence-corrected chi connectivity index (χ0v) is 11.8. The summed E-state index contributed by atoms with van der Waals surface area (Å²) in [6, 6.07) is 4.79. The lowest BCUT2D eigenvalue weighted by molar-refractivity contribution is 0.249. The van der Waals surface area contributed by atoms with Crippen LogP contribution in [-0.4, -0.2) is 26.7 Å². The first-order valence-corrected chi connectivity index (χ1v) is 7.83. The Balaban J connectivity index is 2.10.